The average Bonchev–Trinajstić information content (AvgIpc) is 2.30. The Morgan fingerprint density at radius 1 is 1.35 bits per heavy atom. The van der Waals surface area contributed by atoms with Crippen LogP contribution in [0.3, 0.4) is 0 Å². The second kappa shape index (κ2) is 5.51. The summed E-state index contributed by atoms with van der Waals surface area (Å²) >= 11 is 3.47. The molecule has 1 saturated heterocycles. The number of ether oxygens (including phenoxy) is 1. The van der Waals surface area contributed by atoms with Crippen molar-refractivity contribution in [2.75, 3.05) is 19.8 Å². The quantitative estimate of drug-likeness (QED) is 0.898. The smallest absolute Gasteiger partial charge is 0.0554 e. The monoisotopic (exact) mass is 297 g/mol. The van der Waals surface area contributed by atoms with E-state index in [-0.39, 0.29) is 0 Å². The third-order valence-electron chi connectivity index (χ3n) is 3.36. The lowest BCUT2D eigenvalue weighted by atomic mass is 9.88. The van der Waals surface area contributed by atoms with E-state index in [0.717, 1.165) is 30.7 Å². The van der Waals surface area contributed by atoms with E-state index in [0.29, 0.717) is 11.5 Å². The number of hydrogen-bond acceptors (Lipinski definition) is 2. The van der Waals surface area contributed by atoms with Gasteiger partial charge in [0.05, 0.1) is 13.2 Å². The van der Waals surface area contributed by atoms with E-state index >= 15 is 0 Å². The molecular weight excluding hydrogens is 278 g/mol. The maximum absolute atomic E-state index is 5.28. The standard InChI is InChI=1S/C14H20BrNO/c1-3-13(11-4-6-12(15)7-5-11)16-8-14(2)9-17-10-14/h4-7,13,16H,3,8-10H2,1-2H3. The highest BCUT2D eigenvalue weighted by molar-refractivity contribution is 9.10. The van der Waals surface area contributed by atoms with Gasteiger partial charge in [-0.2, -0.15) is 0 Å². The molecule has 0 saturated carbocycles. The van der Waals surface area contributed by atoms with E-state index in [4.69, 9.17) is 4.74 Å². The van der Waals surface area contributed by atoms with Crippen LogP contribution in [0.1, 0.15) is 31.9 Å². The van der Waals surface area contributed by atoms with Gasteiger partial charge < -0.3 is 10.1 Å². The van der Waals surface area contributed by atoms with E-state index in [2.05, 4.69) is 59.4 Å². The Bertz CT molecular complexity index is 359. The lowest BCUT2D eigenvalue weighted by Crippen LogP contribution is -2.47. The Kier molecular flexibility index (Phi) is 4.23. The van der Waals surface area contributed by atoms with E-state index in [1.165, 1.54) is 5.56 Å². The van der Waals surface area contributed by atoms with Crippen LogP contribution in [0.4, 0.5) is 0 Å². The summed E-state index contributed by atoms with van der Waals surface area (Å²) in [6, 6.07) is 9.03. The Balaban J connectivity index is 1.94. The number of rotatable bonds is 5. The summed E-state index contributed by atoms with van der Waals surface area (Å²) in [7, 11) is 0. The van der Waals surface area contributed by atoms with Crippen molar-refractivity contribution in [3.63, 3.8) is 0 Å². The maximum atomic E-state index is 5.28. The molecule has 0 spiro atoms. The second-order valence-corrected chi connectivity index (χ2v) is 6.11. The number of hydrogen-bond donors (Lipinski definition) is 1. The van der Waals surface area contributed by atoms with Crippen LogP contribution in [0.15, 0.2) is 28.7 Å². The van der Waals surface area contributed by atoms with Gasteiger partial charge in [-0.25, -0.2) is 0 Å². The molecule has 1 heterocycles. The summed E-state index contributed by atoms with van der Waals surface area (Å²) in [5, 5.41) is 3.65. The van der Waals surface area contributed by atoms with Gasteiger partial charge in [-0.1, -0.05) is 41.9 Å². The van der Waals surface area contributed by atoms with E-state index in [1.54, 1.807) is 0 Å². The molecule has 0 radical (unpaired) electrons. The first-order valence-electron chi connectivity index (χ1n) is 6.19. The molecule has 17 heavy (non-hydrogen) atoms. The summed E-state index contributed by atoms with van der Waals surface area (Å²) in [6.07, 6.45) is 1.11. The minimum atomic E-state index is 0.336. The van der Waals surface area contributed by atoms with Crippen molar-refractivity contribution in [3.05, 3.63) is 34.3 Å². The molecule has 0 amide bonds. The molecule has 1 atom stereocenters. The van der Waals surface area contributed by atoms with Crippen molar-refractivity contribution in [3.8, 4) is 0 Å². The third-order valence-corrected chi connectivity index (χ3v) is 3.89. The molecule has 1 aliphatic heterocycles. The molecule has 2 rings (SSSR count). The molecular formula is C14H20BrNO. The molecule has 94 valence electrons. The van der Waals surface area contributed by atoms with Crippen LogP contribution in [-0.2, 0) is 4.74 Å². The minimum absolute atomic E-state index is 0.336. The van der Waals surface area contributed by atoms with Crippen molar-refractivity contribution in [1.82, 2.24) is 5.32 Å². The fourth-order valence-corrected chi connectivity index (χ4v) is 2.38. The van der Waals surface area contributed by atoms with Crippen molar-refractivity contribution in [1.29, 1.82) is 0 Å². The lowest BCUT2D eigenvalue weighted by molar-refractivity contribution is -0.100. The maximum Gasteiger partial charge on any atom is 0.0554 e. The fraction of sp³-hybridized carbons (Fsp3) is 0.571. The number of benzene rings is 1. The average molecular weight is 298 g/mol. The minimum Gasteiger partial charge on any atom is -0.380 e. The largest absolute Gasteiger partial charge is 0.380 e. The molecule has 1 aromatic rings. The molecule has 0 aliphatic carbocycles. The van der Waals surface area contributed by atoms with Crippen LogP contribution in [0, 0.1) is 5.41 Å². The van der Waals surface area contributed by atoms with Crippen LogP contribution in [0.25, 0.3) is 0 Å². The zero-order valence-electron chi connectivity index (χ0n) is 10.5. The first kappa shape index (κ1) is 13.1. The van der Waals surface area contributed by atoms with Gasteiger partial charge in [-0.15, -0.1) is 0 Å². The molecule has 2 nitrogen and oxygen atoms in total. The molecule has 1 aromatic carbocycles. The van der Waals surface area contributed by atoms with Crippen LogP contribution >= 0.6 is 15.9 Å². The fourth-order valence-electron chi connectivity index (χ4n) is 2.12. The summed E-state index contributed by atoms with van der Waals surface area (Å²) < 4.78 is 6.41. The van der Waals surface area contributed by atoms with Crippen LogP contribution in [0.2, 0.25) is 0 Å². The van der Waals surface area contributed by atoms with Crippen molar-refractivity contribution in [2.45, 2.75) is 26.3 Å². The van der Waals surface area contributed by atoms with Crippen molar-refractivity contribution >= 4 is 15.9 Å². The van der Waals surface area contributed by atoms with Gasteiger partial charge in [-0.3, -0.25) is 0 Å². The van der Waals surface area contributed by atoms with Gasteiger partial charge in [0.2, 0.25) is 0 Å². The SMILES string of the molecule is CCC(NCC1(C)COC1)c1ccc(Br)cc1. The van der Waals surface area contributed by atoms with E-state index in [1.807, 2.05) is 0 Å². The molecule has 1 fully saturated rings. The molecule has 3 heteroatoms. The topological polar surface area (TPSA) is 21.3 Å². The molecule has 1 N–H and O–H groups in total. The Hall–Kier alpha value is -0.380. The molecule has 0 bridgehead atoms. The van der Waals surface area contributed by atoms with Crippen molar-refractivity contribution in [2.24, 2.45) is 5.41 Å². The van der Waals surface area contributed by atoms with Crippen LogP contribution < -0.4 is 5.32 Å². The molecule has 0 aromatic heterocycles. The Morgan fingerprint density at radius 3 is 2.47 bits per heavy atom. The molecule has 1 unspecified atom stereocenters. The van der Waals surface area contributed by atoms with Gasteiger partial charge in [-0.05, 0) is 24.1 Å². The summed E-state index contributed by atoms with van der Waals surface area (Å²) in [6.45, 7) is 7.30. The molecule has 1 aliphatic rings. The second-order valence-electron chi connectivity index (χ2n) is 5.20. The summed E-state index contributed by atoms with van der Waals surface area (Å²) in [5.74, 6) is 0. The van der Waals surface area contributed by atoms with Gasteiger partial charge in [0, 0.05) is 22.5 Å². The van der Waals surface area contributed by atoms with Crippen LogP contribution in [0.5, 0.6) is 0 Å². The van der Waals surface area contributed by atoms with E-state index < -0.39 is 0 Å². The highest BCUT2D eigenvalue weighted by Gasteiger charge is 2.33. The normalized spacial score (nSPS) is 19.7. The number of nitrogens with one attached hydrogen (secondary N) is 1. The van der Waals surface area contributed by atoms with Crippen molar-refractivity contribution < 1.29 is 4.74 Å². The first-order chi connectivity index (χ1) is 8.13. The lowest BCUT2D eigenvalue weighted by Gasteiger charge is -2.39. The third kappa shape index (κ3) is 3.30. The predicted octanol–water partition coefficient (Wildman–Crippen LogP) is 3.53. The zero-order valence-corrected chi connectivity index (χ0v) is 12.1. The highest BCUT2D eigenvalue weighted by Crippen LogP contribution is 2.27. The van der Waals surface area contributed by atoms with Crippen LogP contribution in [-0.4, -0.2) is 19.8 Å². The first-order valence-corrected chi connectivity index (χ1v) is 6.99. The van der Waals surface area contributed by atoms with Gasteiger partial charge in [0.25, 0.3) is 0 Å². The highest BCUT2D eigenvalue weighted by atomic mass is 79.9. The van der Waals surface area contributed by atoms with Gasteiger partial charge in [0.1, 0.15) is 0 Å². The van der Waals surface area contributed by atoms with Gasteiger partial charge in [0.15, 0.2) is 0 Å². The Morgan fingerprint density at radius 2 is 2.00 bits per heavy atom. The summed E-state index contributed by atoms with van der Waals surface area (Å²) in [4.78, 5) is 0. The van der Waals surface area contributed by atoms with Gasteiger partial charge >= 0.3 is 0 Å². The zero-order chi connectivity index (χ0) is 12.3. The predicted molar refractivity (Wildman–Crippen MR) is 74.1 cm³/mol. The summed E-state index contributed by atoms with van der Waals surface area (Å²) in [5.41, 5.74) is 1.70. The van der Waals surface area contributed by atoms with E-state index in [9.17, 15) is 0 Å². The number of halogens is 1. The Labute approximate surface area is 112 Å².